The Morgan fingerprint density at radius 3 is 2.10 bits per heavy atom. The van der Waals surface area contributed by atoms with E-state index in [1.807, 2.05) is 0 Å². The second-order valence-corrected chi connectivity index (χ2v) is 6.00. The minimum absolute atomic E-state index is 0.490. The summed E-state index contributed by atoms with van der Waals surface area (Å²) in [6, 6.07) is 11.6. The summed E-state index contributed by atoms with van der Waals surface area (Å²) in [4.78, 5) is -0.578. The highest BCUT2D eigenvalue weighted by Crippen LogP contribution is 2.27. The van der Waals surface area contributed by atoms with E-state index in [2.05, 4.69) is 4.18 Å². The summed E-state index contributed by atoms with van der Waals surface area (Å²) in [7, 11) is -4.88. The van der Waals surface area contributed by atoms with Crippen LogP contribution in [0.2, 0.25) is 5.02 Å². The molecule has 0 fully saturated rings. The van der Waals surface area contributed by atoms with Crippen LogP contribution in [-0.4, -0.2) is 14.8 Å². The molecule has 0 radical (unpaired) electrons. The molecule has 0 amide bonds. The molecule has 2 aromatic rings. The maximum absolute atomic E-state index is 12.0. The summed E-state index contributed by atoms with van der Waals surface area (Å²) in [5, 5.41) is 0.490. The monoisotopic (exact) mass is 336 g/mol. The summed E-state index contributed by atoms with van der Waals surface area (Å²) in [6.45, 7) is 0. The van der Waals surface area contributed by atoms with E-state index in [4.69, 9.17) is 11.6 Å². The van der Waals surface area contributed by atoms with Crippen molar-refractivity contribution in [2.75, 3.05) is 0 Å². The minimum Gasteiger partial charge on any atom is -0.194 e. The number of hydrogen-bond acceptors (Lipinski definition) is 3. The topological polar surface area (TPSA) is 43.4 Å². The van der Waals surface area contributed by atoms with Gasteiger partial charge in [-0.25, -0.2) is 0 Å². The van der Waals surface area contributed by atoms with E-state index in [-0.39, 0.29) is 0 Å². The normalized spacial score (nSPS) is 12.4. The molecule has 2 aromatic carbocycles. The third-order valence-electron chi connectivity index (χ3n) is 2.51. The quantitative estimate of drug-likeness (QED) is 0.788. The van der Waals surface area contributed by atoms with Crippen LogP contribution < -0.4 is 0 Å². The number of benzene rings is 2. The Kier molecular flexibility index (Phi) is 4.27. The Labute approximate surface area is 124 Å². The highest BCUT2D eigenvalue weighted by Gasteiger charge is 2.37. The lowest BCUT2D eigenvalue weighted by atomic mass is 10.1. The molecule has 2 rings (SSSR count). The van der Waals surface area contributed by atoms with E-state index in [0.717, 1.165) is 12.1 Å². The van der Waals surface area contributed by atoms with E-state index in [1.165, 1.54) is 12.1 Å². The average molecular weight is 337 g/mol. The van der Waals surface area contributed by atoms with Crippen LogP contribution in [0.1, 0.15) is 0 Å². The molecule has 0 saturated heterocycles. The third kappa shape index (κ3) is 4.20. The van der Waals surface area contributed by atoms with E-state index < -0.39 is 21.4 Å². The van der Waals surface area contributed by atoms with Crippen molar-refractivity contribution in [1.82, 2.24) is 0 Å². The van der Waals surface area contributed by atoms with E-state index >= 15 is 0 Å². The Morgan fingerprint density at radius 2 is 1.57 bits per heavy atom. The van der Waals surface area contributed by atoms with Gasteiger partial charge in [-0.15, -0.1) is 13.2 Å². The summed E-state index contributed by atoms with van der Waals surface area (Å²) in [5.74, 6) is 0. The van der Waals surface area contributed by atoms with Crippen molar-refractivity contribution in [1.29, 1.82) is 0 Å². The Balaban J connectivity index is 2.31. The predicted molar refractivity (Wildman–Crippen MR) is 71.2 cm³/mol. The van der Waals surface area contributed by atoms with Gasteiger partial charge in [0.2, 0.25) is 0 Å². The molecule has 112 valence electrons. The molecule has 0 aliphatic carbocycles. The third-order valence-corrected chi connectivity index (χ3v) is 4.00. The highest BCUT2D eigenvalue weighted by molar-refractivity contribution is 7.86. The Morgan fingerprint density at radius 1 is 0.952 bits per heavy atom. The first-order chi connectivity index (χ1) is 9.67. The molecule has 8 heteroatoms. The SMILES string of the molecule is O=S(=O)(OC(F)(F)F)c1ccc(-c2cccc(Cl)c2)cc1. The zero-order valence-corrected chi connectivity index (χ0v) is 11.8. The molecule has 0 saturated carbocycles. The van der Waals surface area contributed by atoms with Crippen molar-refractivity contribution in [2.24, 2.45) is 0 Å². The zero-order chi connectivity index (χ0) is 15.7. The van der Waals surface area contributed by atoms with Gasteiger partial charge < -0.3 is 0 Å². The number of rotatable bonds is 3. The average Bonchev–Trinajstić information content (AvgIpc) is 2.36. The maximum Gasteiger partial charge on any atom is 0.537 e. The van der Waals surface area contributed by atoms with Gasteiger partial charge in [-0.1, -0.05) is 35.9 Å². The van der Waals surface area contributed by atoms with Crippen molar-refractivity contribution in [3.63, 3.8) is 0 Å². The molecule has 0 heterocycles. The van der Waals surface area contributed by atoms with Gasteiger partial charge in [-0.3, -0.25) is 0 Å². The van der Waals surface area contributed by atoms with Gasteiger partial charge >= 0.3 is 16.5 Å². The minimum atomic E-state index is -5.26. The fraction of sp³-hybridized carbons (Fsp3) is 0.0769. The number of halogens is 4. The van der Waals surface area contributed by atoms with Crippen LogP contribution >= 0.6 is 11.6 Å². The van der Waals surface area contributed by atoms with Gasteiger partial charge in [0.05, 0.1) is 4.90 Å². The molecule has 0 N–H and O–H groups in total. The molecule has 0 aromatic heterocycles. The molecule has 0 aliphatic heterocycles. The van der Waals surface area contributed by atoms with Crippen LogP contribution in [0.25, 0.3) is 11.1 Å². The predicted octanol–water partition coefficient (Wildman–Crippen LogP) is 4.23. The molecule has 0 atom stereocenters. The van der Waals surface area contributed by atoms with E-state index in [1.54, 1.807) is 24.3 Å². The molecule has 3 nitrogen and oxygen atoms in total. The van der Waals surface area contributed by atoms with Crippen LogP contribution in [0.4, 0.5) is 13.2 Å². The first-order valence-electron chi connectivity index (χ1n) is 5.56. The standard InChI is InChI=1S/C13H8ClF3O3S/c14-11-3-1-2-10(8-11)9-4-6-12(7-5-9)21(18,19)20-13(15,16)17/h1-8H. The Hall–Kier alpha value is -1.57. The largest absolute Gasteiger partial charge is 0.537 e. The fourth-order valence-corrected chi connectivity index (χ4v) is 2.66. The smallest absolute Gasteiger partial charge is 0.194 e. The Bertz CT molecular complexity index is 740. The lowest BCUT2D eigenvalue weighted by molar-refractivity contribution is -0.271. The molecule has 0 bridgehead atoms. The molecule has 0 unspecified atom stereocenters. The van der Waals surface area contributed by atoms with Gasteiger partial charge in [0, 0.05) is 5.02 Å². The first kappa shape index (κ1) is 15.8. The maximum atomic E-state index is 12.0. The second-order valence-electron chi connectivity index (χ2n) is 4.02. The van der Waals surface area contributed by atoms with Crippen molar-refractivity contribution >= 4 is 21.7 Å². The van der Waals surface area contributed by atoms with E-state index in [9.17, 15) is 21.6 Å². The zero-order valence-electron chi connectivity index (χ0n) is 10.3. The molecular formula is C13H8ClF3O3S. The molecular weight excluding hydrogens is 329 g/mol. The lowest BCUT2D eigenvalue weighted by Crippen LogP contribution is -2.19. The lowest BCUT2D eigenvalue weighted by Gasteiger charge is -2.08. The van der Waals surface area contributed by atoms with Crippen LogP contribution in [0.3, 0.4) is 0 Å². The van der Waals surface area contributed by atoms with Gasteiger partial charge in [-0.05, 0) is 35.4 Å². The second kappa shape index (κ2) is 5.67. The van der Waals surface area contributed by atoms with Crippen molar-refractivity contribution < 1.29 is 25.8 Å². The van der Waals surface area contributed by atoms with Crippen LogP contribution in [0.15, 0.2) is 53.4 Å². The first-order valence-corrected chi connectivity index (χ1v) is 7.34. The number of alkyl halides is 3. The van der Waals surface area contributed by atoms with Crippen LogP contribution in [0.5, 0.6) is 0 Å². The van der Waals surface area contributed by atoms with E-state index in [0.29, 0.717) is 16.1 Å². The van der Waals surface area contributed by atoms with Crippen molar-refractivity contribution in [3.8, 4) is 11.1 Å². The molecule has 0 spiro atoms. The summed E-state index contributed by atoms with van der Waals surface area (Å²) in [6.07, 6.45) is -5.26. The summed E-state index contributed by atoms with van der Waals surface area (Å²) < 4.78 is 61.9. The van der Waals surface area contributed by atoms with Crippen LogP contribution in [0, 0.1) is 0 Å². The molecule has 21 heavy (non-hydrogen) atoms. The molecule has 0 aliphatic rings. The number of hydrogen-bond donors (Lipinski definition) is 0. The van der Waals surface area contributed by atoms with Gasteiger partial charge in [0.25, 0.3) is 0 Å². The van der Waals surface area contributed by atoms with Crippen LogP contribution in [-0.2, 0) is 14.3 Å². The van der Waals surface area contributed by atoms with Gasteiger partial charge in [0.1, 0.15) is 0 Å². The van der Waals surface area contributed by atoms with Crippen molar-refractivity contribution in [3.05, 3.63) is 53.6 Å². The summed E-state index contributed by atoms with van der Waals surface area (Å²) >= 11 is 5.83. The summed E-state index contributed by atoms with van der Waals surface area (Å²) in [5.41, 5.74) is 1.33. The highest BCUT2D eigenvalue weighted by atomic mass is 35.5. The van der Waals surface area contributed by atoms with Gasteiger partial charge in [-0.2, -0.15) is 12.6 Å². The van der Waals surface area contributed by atoms with Crippen molar-refractivity contribution in [2.45, 2.75) is 11.3 Å². The fourth-order valence-electron chi connectivity index (χ4n) is 1.65. The van der Waals surface area contributed by atoms with Gasteiger partial charge in [0.15, 0.2) is 0 Å².